The van der Waals surface area contributed by atoms with Crippen LogP contribution in [0.3, 0.4) is 0 Å². The highest BCUT2D eigenvalue weighted by molar-refractivity contribution is 5.99. The van der Waals surface area contributed by atoms with Gasteiger partial charge in [-0.15, -0.1) is 0 Å². The van der Waals surface area contributed by atoms with Crippen molar-refractivity contribution in [2.45, 2.75) is 25.9 Å². The molecule has 0 aromatic rings. The van der Waals surface area contributed by atoms with Crippen LogP contribution in [0.25, 0.3) is 0 Å². The van der Waals surface area contributed by atoms with Crippen molar-refractivity contribution in [2.75, 3.05) is 13.2 Å². The number of ketones is 1. The van der Waals surface area contributed by atoms with Crippen LogP contribution >= 0.6 is 0 Å². The summed E-state index contributed by atoms with van der Waals surface area (Å²) in [7, 11) is 0. The molecule has 0 saturated carbocycles. The molecule has 1 aliphatic carbocycles. The fraction of sp³-hybridized carbons (Fsp3) is 0.462. The molecule has 7 nitrogen and oxygen atoms in total. The molecule has 2 amide bonds. The number of hydrogen-bond donors (Lipinski definition) is 0. The monoisotopic (exact) mass is 280 g/mol. The molecular formula is C13H16N2O5. The van der Waals surface area contributed by atoms with E-state index >= 15 is 0 Å². The zero-order valence-electron chi connectivity index (χ0n) is 11.3. The molecule has 7 heteroatoms. The Labute approximate surface area is 116 Å². The Bertz CT molecular complexity index is 485. The van der Waals surface area contributed by atoms with E-state index in [1.165, 1.54) is 6.08 Å². The van der Waals surface area contributed by atoms with Gasteiger partial charge in [0.05, 0.1) is 19.3 Å². The van der Waals surface area contributed by atoms with Gasteiger partial charge in [0.1, 0.15) is 6.04 Å². The summed E-state index contributed by atoms with van der Waals surface area (Å²) in [6, 6.07) is -1.42. The van der Waals surface area contributed by atoms with Gasteiger partial charge < -0.3 is 9.47 Å². The molecule has 20 heavy (non-hydrogen) atoms. The van der Waals surface area contributed by atoms with Gasteiger partial charge in [0.2, 0.25) is 0 Å². The molecule has 108 valence electrons. The van der Waals surface area contributed by atoms with Gasteiger partial charge in [0.25, 0.3) is 0 Å². The second kappa shape index (κ2) is 5.77. The third-order valence-electron chi connectivity index (χ3n) is 2.93. The molecule has 3 aliphatic rings. The molecule has 0 saturated heterocycles. The average Bonchev–Trinajstić information content (AvgIpc) is 2.68. The molecular weight excluding hydrogens is 264 g/mol. The first-order valence-corrected chi connectivity index (χ1v) is 6.42. The van der Waals surface area contributed by atoms with Crippen LogP contribution in [0, 0.1) is 0 Å². The van der Waals surface area contributed by atoms with E-state index in [0.29, 0.717) is 0 Å². The summed E-state index contributed by atoms with van der Waals surface area (Å²) in [5, 5.41) is 2.11. The standard InChI is InChI=1S/C13H16N2O5/c1-3-19-12(17)14-9-5-7-10(11(16)8-6-9)15(14)13(18)20-4-2/h5-10H,3-4H2,1-2H3/t9-,10+/m0/s1. The second-order valence-electron chi connectivity index (χ2n) is 4.17. The minimum atomic E-state index is -0.881. The van der Waals surface area contributed by atoms with Crippen LogP contribution in [-0.4, -0.2) is 53.3 Å². The number of amides is 2. The molecule has 0 aromatic carbocycles. The summed E-state index contributed by atoms with van der Waals surface area (Å²) in [6.07, 6.45) is 4.73. The minimum Gasteiger partial charge on any atom is -0.448 e. The van der Waals surface area contributed by atoms with Gasteiger partial charge in [-0.3, -0.25) is 4.79 Å². The zero-order chi connectivity index (χ0) is 14.7. The third kappa shape index (κ3) is 2.38. The Morgan fingerprint density at radius 1 is 1.05 bits per heavy atom. The Morgan fingerprint density at radius 2 is 1.65 bits per heavy atom. The summed E-state index contributed by atoms with van der Waals surface area (Å²) in [6.45, 7) is 3.64. The average molecular weight is 280 g/mol. The number of nitrogens with zero attached hydrogens (tertiary/aromatic N) is 2. The second-order valence-corrected chi connectivity index (χ2v) is 4.17. The molecule has 2 aliphatic heterocycles. The maximum atomic E-state index is 12.0. The van der Waals surface area contributed by atoms with Crippen molar-refractivity contribution in [2.24, 2.45) is 0 Å². The summed E-state index contributed by atoms with van der Waals surface area (Å²) < 4.78 is 9.86. The predicted molar refractivity (Wildman–Crippen MR) is 68.6 cm³/mol. The number of rotatable bonds is 2. The minimum absolute atomic E-state index is 0.148. The van der Waals surface area contributed by atoms with E-state index in [2.05, 4.69) is 0 Å². The van der Waals surface area contributed by atoms with Crippen molar-refractivity contribution in [3.05, 3.63) is 24.3 Å². The fourth-order valence-corrected chi connectivity index (χ4v) is 2.10. The van der Waals surface area contributed by atoms with Gasteiger partial charge in [-0.05, 0) is 19.9 Å². The Morgan fingerprint density at radius 3 is 2.25 bits per heavy atom. The van der Waals surface area contributed by atoms with Gasteiger partial charge >= 0.3 is 12.2 Å². The summed E-state index contributed by atoms with van der Waals surface area (Å²) in [4.78, 5) is 36.0. The smallest absolute Gasteiger partial charge is 0.429 e. The first kappa shape index (κ1) is 14.1. The normalized spacial score (nSPS) is 23.8. The number of ether oxygens (including phenoxy) is 2. The number of hydrazine groups is 1. The van der Waals surface area contributed by atoms with E-state index in [0.717, 1.165) is 10.0 Å². The lowest BCUT2D eigenvalue weighted by Gasteiger charge is -2.40. The van der Waals surface area contributed by atoms with Crippen LogP contribution in [0.1, 0.15) is 13.8 Å². The fourth-order valence-electron chi connectivity index (χ4n) is 2.10. The van der Waals surface area contributed by atoms with Crippen LogP contribution < -0.4 is 0 Å². The first-order chi connectivity index (χ1) is 9.60. The maximum absolute atomic E-state index is 12.0. The highest BCUT2D eigenvalue weighted by Gasteiger charge is 2.43. The van der Waals surface area contributed by atoms with Crippen LogP contribution in [0.15, 0.2) is 24.3 Å². The van der Waals surface area contributed by atoms with Gasteiger partial charge in [-0.25, -0.2) is 14.6 Å². The van der Waals surface area contributed by atoms with E-state index in [1.54, 1.807) is 32.1 Å². The molecule has 0 radical (unpaired) electrons. The van der Waals surface area contributed by atoms with Crippen molar-refractivity contribution < 1.29 is 23.9 Å². The van der Waals surface area contributed by atoms with Crippen LogP contribution in [0.5, 0.6) is 0 Å². The summed E-state index contributed by atoms with van der Waals surface area (Å²) in [5.74, 6) is -0.288. The summed E-state index contributed by atoms with van der Waals surface area (Å²) in [5.41, 5.74) is 0. The van der Waals surface area contributed by atoms with E-state index in [4.69, 9.17) is 9.47 Å². The number of hydrogen-bond acceptors (Lipinski definition) is 5. The molecule has 2 heterocycles. The first-order valence-electron chi connectivity index (χ1n) is 6.42. The van der Waals surface area contributed by atoms with Crippen molar-refractivity contribution >= 4 is 18.0 Å². The van der Waals surface area contributed by atoms with Crippen molar-refractivity contribution in [3.63, 3.8) is 0 Å². The third-order valence-corrected chi connectivity index (χ3v) is 2.93. The molecule has 2 bridgehead atoms. The topological polar surface area (TPSA) is 76.2 Å². The number of fused-ring (bicyclic) bond motifs is 2. The molecule has 0 aromatic heterocycles. The van der Waals surface area contributed by atoms with Gasteiger partial charge in [0, 0.05) is 0 Å². The van der Waals surface area contributed by atoms with Crippen LogP contribution in [0.4, 0.5) is 9.59 Å². The molecule has 2 atom stereocenters. The van der Waals surface area contributed by atoms with E-state index in [-0.39, 0.29) is 19.0 Å². The highest BCUT2D eigenvalue weighted by Crippen LogP contribution is 2.25. The van der Waals surface area contributed by atoms with Gasteiger partial charge in [-0.2, -0.15) is 5.01 Å². The van der Waals surface area contributed by atoms with E-state index < -0.39 is 24.3 Å². The van der Waals surface area contributed by atoms with E-state index in [9.17, 15) is 14.4 Å². The predicted octanol–water partition coefficient (Wildman–Crippen LogP) is 1.26. The van der Waals surface area contributed by atoms with Crippen molar-refractivity contribution in [1.82, 2.24) is 10.0 Å². The molecule has 0 unspecified atom stereocenters. The van der Waals surface area contributed by atoms with Gasteiger partial charge in [0.15, 0.2) is 5.78 Å². The SMILES string of the molecule is CCOC(=O)N1[C@@H]2C=CC(=O)[C@@H](C=C2)N1C(=O)OCC. The summed E-state index contributed by atoms with van der Waals surface area (Å²) >= 11 is 0. The van der Waals surface area contributed by atoms with E-state index in [1.807, 2.05) is 0 Å². The number of carbonyl (C=O) groups is 3. The lowest BCUT2D eigenvalue weighted by atomic mass is 10.1. The highest BCUT2D eigenvalue weighted by atomic mass is 16.6. The Kier molecular flexibility index (Phi) is 4.07. The van der Waals surface area contributed by atoms with Gasteiger partial charge in [-0.1, -0.05) is 18.2 Å². The van der Waals surface area contributed by atoms with Crippen LogP contribution in [0.2, 0.25) is 0 Å². The Balaban J connectivity index is 2.37. The molecule has 0 spiro atoms. The lowest BCUT2D eigenvalue weighted by Crippen LogP contribution is -2.60. The number of carbonyl (C=O) groups excluding carboxylic acids is 3. The Hall–Kier alpha value is -2.31. The molecule has 3 rings (SSSR count). The molecule has 0 N–H and O–H groups in total. The largest absolute Gasteiger partial charge is 0.448 e. The lowest BCUT2D eigenvalue weighted by molar-refractivity contribution is -0.123. The zero-order valence-corrected chi connectivity index (χ0v) is 11.3. The molecule has 0 fully saturated rings. The van der Waals surface area contributed by atoms with Crippen LogP contribution in [-0.2, 0) is 14.3 Å². The quantitative estimate of drug-likeness (QED) is 0.712. The van der Waals surface area contributed by atoms with Crippen molar-refractivity contribution in [3.8, 4) is 0 Å². The van der Waals surface area contributed by atoms with Crippen molar-refractivity contribution in [1.29, 1.82) is 0 Å². The maximum Gasteiger partial charge on any atom is 0.429 e.